The van der Waals surface area contributed by atoms with Crippen LogP contribution in [0.1, 0.15) is 33.6 Å². The SMILES string of the molecule is Cl.O=C(CN1CCC(C(=O)c2ccc(F)cc2)CC1)c1ccc2ccccc2c1. The minimum atomic E-state index is -0.335. The average Bonchev–Trinajstić information content (AvgIpc) is 2.74. The molecule has 0 unspecified atom stereocenters. The van der Waals surface area contributed by atoms with Crippen LogP contribution in [0.4, 0.5) is 4.39 Å². The van der Waals surface area contributed by atoms with E-state index in [2.05, 4.69) is 4.90 Å². The molecule has 0 radical (unpaired) electrons. The van der Waals surface area contributed by atoms with E-state index in [4.69, 9.17) is 0 Å². The zero-order chi connectivity index (χ0) is 19.5. The molecule has 4 rings (SSSR count). The quantitative estimate of drug-likeness (QED) is 0.543. The van der Waals surface area contributed by atoms with Gasteiger partial charge in [-0.05, 0) is 67.0 Å². The molecule has 0 saturated carbocycles. The second kappa shape index (κ2) is 9.29. The lowest BCUT2D eigenvalue weighted by Gasteiger charge is -2.30. The predicted molar refractivity (Wildman–Crippen MR) is 115 cm³/mol. The molecule has 0 amide bonds. The first-order valence-electron chi connectivity index (χ1n) is 9.64. The number of ketones is 2. The number of fused-ring (bicyclic) bond motifs is 1. The van der Waals surface area contributed by atoms with E-state index in [-0.39, 0.29) is 35.7 Å². The highest BCUT2D eigenvalue weighted by molar-refractivity contribution is 6.01. The molecule has 1 aliphatic rings. The Balaban J connectivity index is 0.00000240. The van der Waals surface area contributed by atoms with E-state index in [9.17, 15) is 14.0 Å². The van der Waals surface area contributed by atoms with Crippen LogP contribution in [-0.2, 0) is 0 Å². The van der Waals surface area contributed by atoms with Gasteiger partial charge >= 0.3 is 0 Å². The minimum absolute atomic E-state index is 0. The van der Waals surface area contributed by atoms with Crippen LogP contribution in [0, 0.1) is 11.7 Å². The lowest BCUT2D eigenvalue weighted by Crippen LogP contribution is -2.39. The van der Waals surface area contributed by atoms with E-state index in [1.807, 2.05) is 42.5 Å². The fourth-order valence-electron chi connectivity index (χ4n) is 3.86. The number of hydrogen-bond acceptors (Lipinski definition) is 3. The molecule has 0 aromatic heterocycles. The maximum atomic E-state index is 13.0. The Kier molecular flexibility index (Phi) is 6.78. The Bertz CT molecular complexity index is 1010. The molecule has 0 atom stereocenters. The normalized spacial score (nSPS) is 15.1. The van der Waals surface area contributed by atoms with Gasteiger partial charge in [-0.2, -0.15) is 0 Å². The van der Waals surface area contributed by atoms with Crippen molar-refractivity contribution in [3.63, 3.8) is 0 Å². The topological polar surface area (TPSA) is 37.4 Å². The van der Waals surface area contributed by atoms with Crippen molar-refractivity contribution in [3.8, 4) is 0 Å². The molecule has 3 aromatic rings. The molecule has 29 heavy (non-hydrogen) atoms. The van der Waals surface area contributed by atoms with Crippen LogP contribution in [0.15, 0.2) is 66.7 Å². The molecule has 0 N–H and O–H groups in total. The first-order valence-corrected chi connectivity index (χ1v) is 9.64. The number of benzene rings is 3. The maximum absolute atomic E-state index is 13.0. The molecule has 1 aliphatic heterocycles. The monoisotopic (exact) mass is 411 g/mol. The Morgan fingerprint density at radius 3 is 2.17 bits per heavy atom. The maximum Gasteiger partial charge on any atom is 0.176 e. The number of carbonyl (C=O) groups excluding carboxylic acids is 2. The minimum Gasteiger partial charge on any atom is -0.296 e. The van der Waals surface area contributed by atoms with E-state index < -0.39 is 0 Å². The number of rotatable bonds is 5. The average molecular weight is 412 g/mol. The van der Waals surface area contributed by atoms with E-state index >= 15 is 0 Å². The second-order valence-electron chi connectivity index (χ2n) is 7.41. The fraction of sp³-hybridized carbons (Fsp3) is 0.250. The third kappa shape index (κ3) is 4.89. The van der Waals surface area contributed by atoms with E-state index in [0.29, 0.717) is 12.1 Å². The summed E-state index contributed by atoms with van der Waals surface area (Å²) in [7, 11) is 0. The van der Waals surface area contributed by atoms with E-state index in [0.717, 1.165) is 42.3 Å². The molecule has 150 valence electrons. The van der Waals surface area contributed by atoms with Gasteiger partial charge in [0, 0.05) is 17.0 Å². The van der Waals surface area contributed by atoms with Gasteiger partial charge in [-0.15, -0.1) is 12.4 Å². The van der Waals surface area contributed by atoms with E-state index in [1.54, 1.807) is 12.1 Å². The third-order valence-electron chi connectivity index (χ3n) is 5.53. The third-order valence-corrected chi connectivity index (χ3v) is 5.53. The number of likely N-dealkylation sites (tertiary alicyclic amines) is 1. The molecular weight excluding hydrogens is 389 g/mol. The first-order chi connectivity index (χ1) is 13.6. The summed E-state index contributed by atoms with van der Waals surface area (Å²) in [6, 6.07) is 19.6. The molecule has 0 aliphatic carbocycles. The van der Waals surface area contributed by atoms with Gasteiger partial charge < -0.3 is 0 Å². The Morgan fingerprint density at radius 1 is 0.862 bits per heavy atom. The van der Waals surface area contributed by atoms with Crippen LogP contribution in [0.5, 0.6) is 0 Å². The zero-order valence-electron chi connectivity index (χ0n) is 16.0. The summed E-state index contributed by atoms with van der Waals surface area (Å²) in [5.41, 5.74) is 1.29. The highest BCUT2D eigenvalue weighted by Gasteiger charge is 2.26. The molecular formula is C24H23ClFNO2. The summed E-state index contributed by atoms with van der Waals surface area (Å²) in [5.74, 6) is -0.217. The molecule has 0 spiro atoms. The van der Waals surface area contributed by atoms with Gasteiger partial charge in [0.15, 0.2) is 11.6 Å². The van der Waals surface area contributed by atoms with Crippen LogP contribution in [0.25, 0.3) is 10.8 Å². The second-order valence-corrected chi connectivity index (χ2v) is 7.41. The summed E-state index contributed by atoms with van der Waals surface area (Å²) >= 11 is 0. The highest BCUT2D eigenvalue weighted by atomic mass is 35.5. The van der Waals surface area contributed by atoms with Crippen LogP contribution < -0.4 is 0 Å². The van der Waals surface area contributed by atoms with Crippen molar-refractivity contribution in [1.29, 1.82) is 0 Å². The van der Waals surface area contributed by atoms with Crippen molar-refractivity contribution in [1.82, 2.24) is 4.90 Å². The summed E-state index contributed by atoms with van der Waals surface area (Å²) in [6.45, 7) is 1.81. The molecule has 3 aromatic carbocycles. The molecule has 1 heterocycles. The van der Waals surface area contributed by atoms with E-state index in [1.165, 1.54) is 12.1 Å². The van der Waals surface area contributed by atoms with Gasteiger partial charge in [0.2, 0.25) is 0 Å². The number of carbonyl (C=O) groups is 2. The first kappa shape index (κ1) is 21.2. The van der Waals surface area contributed by atoms with Crippen LogP contribution in [0.2, 0.25) is 0 Å². The molecule has 1 saturated heterocycles. The molecule has 3 nitrogen and oxygen atoms in total. The lowest BCUT2D eigenvalue weighted by molar-refractivity contribution is 0.0805. The fourth-order valence-corrected chi connectivity index (χ4v) is 3.86. The Labute approximate surface area is 175 Å². The highest BCUT2D eigenvalue weighted by Crippen LogP contribution is 2.23. The summed E-state index contributed by atoms with van der Waals surface area (Å²) in [4.78, 5) is 27.4. The number of nitrogens with zero attached hydrogens (tertiary/aromatic N) is 1. The summed E-state index contributed by atoms with van der Waals surface area (Å²) in [6.07, 6.45) is 1.45. The van der Waals surface area contributed by atoms with Gasteiger partial charge in [-0.25, -0.2) is 4.39 Å². The predicted octanol–water partition coefficient (Wildman–Crippen LogP) is 5.18. The largest absolute Gasteiger partial charge is 0.296 e. The molecule has 0 bridgehead atoms. The lowest BCUT2D eigenvalue weighted by atomic mass is 9.88. The van der Waals surface area contributed by atoms with Crippen molar-refractivity contribution in [2.75, 3.05) is 19.6 Å². The van der Waals surface area contributed by atoms with Gasteiger partial charge in [-0.3, -0.25) is 14.5 Å². The van der Waals surface area contributed by atoms with Crippen molar-refractivity contribution in [2.45, 2.75) is 12.8 Å². The number of hydrogen-bond donors (Lipinski definition) is 0. The number of piperidine rings is 1. The Morgan fingerprint density at radius 2 is 1.48 bits per heavy atom. The van der Waals surface area contributed by atoms with Crippen molar-refractivity contribution >= 4 is 34.7 Å². The summed E-state index contributed by atoms with van der Waals surface area (Å²) in [5, 5.41) is 2.19. The smallest absolute Gasteiger partial charge is 0.176 e. The van der Waals surface area contributed by atoms with Crippen molar-refractivity contribution in [2.24, 2.45) is 5.92 Å². The Hall–Kier alpha value is -2.56. The van der Waals surface area contributed by atoms with Gasteiger partial charge in [0.1, 0.15) is 5.82 Å². The van der Waals surface area contributed by atoms with Crippen LogP contribution in [-0.4, -0.2) is 36.1 Å². The van der Waals surface area contributed by atoms with Crippen molar-refractivity contribution in [3.05, 3.63) is 83.7 Å². The number of halogens is 2. The zero-order valence-corrected chi connectivity index (χ0v) is 16.8. The van der Waals surface area contributed by atoms with Gasteiger partial charge in [0.05, 0.1) is 6.54 Å². The standard InChI is InChI=1S/C24H22FNO2.ClH/c25-22-9-7-18(8-10-22)24(28)19-11-13-26(14-12-19)16-23(27)21-6-5-17-3-1-2-4-20(17)15-21;/h1-10,15,19H,11-14,16H2;1H. The molecule has 5 heteroatoms. The number of Topliss-reactive ketones (excluding diaryl/α,β-unsaturated/α-hetero) is 2. The summed E-state index contributed by atoms with van der Waals surface area (Å²) < 4.78 is 13.0. The molecule has 1 fully saturated rings. The van der Waals surface area contributed by atoms with Gasteiger partial charge in [-0.1, -0.05) is 36.4 Å². The van der Waals surface area contributed by atoms with Gasteiger partial charge in [0.25, 0.3) is 0 Å². The van der Waals surface area contributed by atoms with Crippen LogP contribution in [0.3, 0.4) is 0 Å². The van der Waals surface area contributed by atoms with Crippen LogP contribution >= 0.6 is 12.4 Å². The van der Waals surface area contributed by atoms with Crippen molar-refractivity contribution < 1.29 is 14.0 Å².